The Kier molecular flexibility index (Phi) is 3.38. The monoisotopic (exact) mass is 291 g/mol. The summed E-state index contributed by atoms with van der Waals surface area (Å²) in [6.45, 7) is 0.548. The molecule has 5 heteroatoms. The van der Waals surface area contributed by atoms with Crippen LogP contribution in [0.3, 0.4) is 0 Å². The highest BCUT2D eigenvalue weighted by atomic mass is 32.1. The van der Waals surface area contributed by atoms with Gasteiger partial charge in [-0.3, -0.25) is 9.59 Å². The van der Waals surface area contributed by atoms with E-state index in [-0.39, 0.29) is 17.7 Å². The van der Waals surface area contributed by atoms with Gasteiger partial charge < -0.3 is 10.0 Å². The summed E-state index contributed by atoms with van der Waals surface area (Å²) in [7, 11) is 1.76. The van der Waals surface area contributed by atoms with Gasteiger partial charge in [0.15, 0.2) is 0 Å². The molecule has 1 saturated carbocycles. The van der Waals surface area contributed by atoms with E-state index in [1.807, 2.05) is 29.0 Å². The summed E-state index contributed by atoms with van der Waals surface area (Å²) in [5, 5.41) is 13.4. The molecule has 0 saturated heterocycles. The van der Waals surface area contributed by atoms with E-state index in [4.69, 9.17) is 0 Å². The molecule has 2 unspecified atom stereocenters. The van der Waals surface area contributed by atoms with E-state index >= 15 is 0 Å². The first-order valence-corrected chi connectivity index (χ1v) is 7.69. The van der Waals surface area contributed by atoms with Crippen molar-refractivity contribution < 1.29 is 14.7 Å². The van der Waals surface area contributed by atoms with Crippen LogP contribution in [0.15, 0.2) is 29.0 Å². The quantitative estimate of drug-likeness (QED) is 0.865. The summed E-state index contributed by atoms with van der Waals surface area (Å²) in [5.41, 5.74) is 1.09. The van der Waals surface area contributed by atoms with Gasteiger partial charge in [0.25, 0.3) is 0 Å². The maximum Gasteiger partial charge on any atom is 0.307 e. The van der Waals surface area contributed by atoms with Gasteiger partial charge in [0.1, 0.15) is 0 Å². The third-order valence-corrected chi connectivity index (χ3v) is 5.14. The minimum Gasteiger partial charge on any atom is -0.481 e. The van der Waals surface area contributed by atoms with Crippen molar-refractivity contribution in [3.8, 4) is 0 Å². The first-order chi connectivity index (χ1) is 9.58. The van der Waals surface area contributed by atoms with Crippen molar-refractivity contribution in [3.05, 3.63) is 34.5 Å². The average Bonchev–Trinajstić information content (AvgIpc) is 3.12. The molecule has 1 aromatic rings. The van der Waals surface area contributed by atoms with E-state index in [0.717, 1.165) is 12.0 Å². The van der Waals surface area contributed by atoms with Crippen molar-refractivity contribution in [2.45, 2.75) is 13.0 Å². The fourth-order valence-corrected chi connectivity index (χ4v) is 4.14. The molecule has 1 aromatic heterocycles. The Bertz CT molecular complexity index is 551. The number of hydrogen-bond donors (Lipinski definition) is 1. The number of carboxylic acids is 1. The first-order valence-electron chi connectivity index (χ1n) is 6.75. The standard InChI is InChI=1S/C15H17NO3S/c1-16(7-9-4-5-20-8-9)14(17)12-10-2-3-11(6-10)13(12)15(18)19/h2-5,8,10-13H,6-7H2,1H3,(H,18,19)/t10?,11?,12-,13+/m0/s1. The number of hydrogen-bond acceptors (Lipinski definition) is 3. The zero-order valence-corrected chi connectivity index (χ0v) is 12.0. The van der Waals surface area contributed by atoms with Crippen LogP contribution < -0.4 is 0 Å². The Hall–Kier alpha value is -1.62. The average molecular weight is 291 g/mol. The van der Waals surface area contributed by atoms with E-state index in [1.165, 1.54) is 0 Å². The van der Waals surface area contributed by atoms with Gasteiger partial charge in [0.05, 0.1) is 11.8 Å². The minimum absolute atomic E-state index is 0.0287. The summed E-state index contributed by atoms with van der Waals surface area (Å²) in [4.78, 5) is 25.7. The molecule has 1 fully saturated rings. The maximum absolute atomic E-state index is 12.6. The highest BCUT2D eigenvalue weighted by Crippen LogP contribution is 2.48. The molecule has 2 aliphatic carbocycles. The fraction of sp³-hybridized carbons (Fsp3) is 0.467. The summed E-state index contributed by atoms with van der Waals surface area (Å²) < 4.78 is 0. The highest BCUT2D eigenvalue weighted by Gasteiger charge is 2.52. The molecular formula is C15H17NO3S. The van der Waals surface area contributed by atoms with Gasteiger partial charge in [-0.25, -0.2) is 0 Å². The Morgan fingerprint density at radius 3 is 2.65 bits per heavy atom. The molecule has 4 nitrogen and oxygen atoms in total. The molecular weight excluding hydrogens is 274 g/mol. The molecule has 0 aliphatic heterocycles. The lowest BCUT2D eigenvalue weighted by Crippen LogP contribution is -2.40. The second-order valence-corrected chi connectivity index (χ2v) is 6.44. The van der Waals surface area contributed by atoms with Crippen LogP contribution in [0.25, 0.3) is 0 Å². The number of carbonyl (C=O) groups excluding carboxylic acids is 1. The molecule has 0 radical (unpaired) electrons. The van der Waals surface area contributed by atoms with Crippen molar-refractivity contribution in [2.75, 3.05) is 7.05 Å². The lowest BCUT2D eigenvalue weighted by Gasteiger charge is -2.28. The van der Waals surface area contributed by atoms with Gasteiger partial charge in [0, 0.05) is 13.6 Å². The normalized spacial score (nSPS) is 30.6. The Morgan fingerprint density at radius 1 is 1.35 bits per heavy atom. The lowest BCUT2D eigenvalue weighted by atomic mass is 9.82. The Balaban J connectivity index is 1.76. The first kappa shape index (κ1) is 13.4. The van der Waals surface area contributed by atoms with Crippen molar-refractivity contribution in [1.29, 1.82) is 0 Å². The van der Waals surface area contributed by atoms with Gasteiger partial charge in [0.2, 0.25) is 5.91 Å². The topological polar surface area (TPSA) is 57.6 Å². The number of allylic oxidation sites excluding steroid dienone is 2. The zero-order valence-electron chi connectivity index (χ0n) is 11.2. The molecule has 1 amide bonds. The summed E-state index contributed by atoms with van der Waals surface area (Å²) in [6, 6.07) is 1.99. The minimum atomic E-state index is -0.843. The maximum atomic E-state index is 12.6. The van der Waals surface area contributed by atoms with Crippen LogP contribution in [0.1, 0.15) is 12.0 Å². The predicted molar refractivity (Wildman–Crippen MR) is 76.1 cm³/mol. The molecule has 1 N–H and O–H groups in total. The number of rotatable bonds is 4. The van der Waals surface area contributed by atoms with E-state index in [0.29, 0.717) is 6.54 Å². The molecule has 2 aliphatic rings. The molecule has 0 spiro atoms. The third-order valence-electron chi connectivity index (χ3n) is 4.41. The zero-order chi connectivity index (χ0) is 14.3. The summed E-state index contributed by atoms with van der Waals surface area (Å²) in [6.07, 6.45) is 4.79. The molecule has 3 rings (SSSR count). The molecule has 4 atom stereocenters. The molecule has 2 bridgehead atoms. The van der Waals surface area contributed by atoms with E-state index in [2.05, 4.69) is 0 Å². The van der Waals surface area contributed by atoms with Gasteiger partial charge in [-0.2, -0.15) is 11.3 Å². The summed E-state index contributed by atoms with van der Waals surface area (Å²) >= 11 is 1.60. The van der Waals surface area contributed by atoms with E-state index in [1.54, 1.807) is 23.3 Å². The Morgan fingerprint density at radius 2 is 2.05 bits per heavy atom. The lowest BCUT2D eigenvalue weighted by molar-refractivity contribution is -0.150. The number of carboxylic acid groups (broad SMARTS) is 1. The van der Waals surface area contributed by atoms with E-state index < -0.39 is 17.8 Å². The highest BCUT2D eigenvalue weighted by molar-refractivity contribution is 7.07. The number of nitrogens with zero attached hydrogens (tertiary/aromatic N) is 1. The van der Waals surface area contributed by atoms with Crippen molar-refractivity contribution in [3.63, 3.8) is 0 Å². The van der Waals surface area contributed by atoms with Gasteiger partial charge >= 0.3 is 5.97 Å². The number of carbonyl (C=O) groups is 2. The third kappa shape index (κ3) is 2.16. The van der Waals surface area contributed by atoms with Gasteiger partial charge in [-0.1, -0.05) is 12.2 Å². The van der Waals surface area contributed by atoms with Crippen molar-refractivity contribution in [1.82, 2.24) is 4.90 Å². The van der Waals surface area contributed by atoms with Crippen LogP contribution in [-0.2, 0) is 16.1 Å². The van der Waals surface area contributed by atoms with Crippen molar-refractivity contribution >= 4 is 23.2 Å². The smallest absolute Gasteiger partial charge is 0.307 e. The van der Waals surface area contributed by atoms with Crippen LogP contribution in [0.5, 0.6) is 0 Å². The largest absolute Gasteiger partial charge is 0.481 e. The predicted octanol–water partition coefficient (Wildman–Crippen LogP) is 2.23. The van der Waals surface area contributed by atoms with Crippen LogP contribution in [-0.4, -0.2) is 28.9 Å². The second kappa shape index (κ2) is 5.05. The van der Waals surface area contributed by atoms with Crippen LogP contribution in [0.2, 0.25) is 0 Å². The molecule has 20 heavy (non-hydrogen) atoms. The molecule has 106 valence electrons. The number of thiophene rings is 1. The van der Waals surface area contributed by atoms with Gasteiger partial charge in [-0.05, 0) is 40.6 Å². The van der Waals surface area contributed by atoms with Crippen LogP contribution >= 0.6 is 11.3 Å². The van der Waals surface area contributed by atoms with E-state index in [9.17, 15) is 14.7 Å². The number of amides is 1. The number of fused-ring (bicyclic) bond motifs is 2. The van der Waals surface area contributed by atoms with Crippen LogP contribution in [0, 0.1) is 23.7 Å². The fourth-order valence-electron chi connectivity index (χ4n) is 3.48. The SMILES string of the molecule is CN(Cc1ccsc1)C(=O)[C@H]1C2C=CC(C2)[C@H]1C(=O)O. The number of aliphatic carboxylic acids is 1. The second-order valence-electron chi connectivity index (χ2n) is 5.66. The molecule has 0 aromatic carbocycles. The van der Waals surface area contributed by atoms with Crippen molar-refractivity contribution in [2.24, 2.45) is 23.7 Å². The van der Waals surface area contributed by atoms with Gasteiger partial charge in [-0.15, -0.1) is 0 Å². The Labute approximate surface area is 121 Å². The molecule has 1 heterocycles. The summed E-state index contributed by atoms with van der Waals surface area (Å²) in [5.74, 6) is -1.71. The van der Waals surface area contributed by atoms with Crippen LogP contribution in [0.4, 0.5) is 0 Å².